The minimum Gasteiger partial charge on any atom is -0.355 e. The molecule has 0 bridgehead atoms. The molecule has 0 saturated carbocycles. The number of benzene rings is 1. The minimum absolute atomic E-state index is 0.0635. The Hall–Kier alpha value is -2.67. The van der Waals surface area contributed by atoms with Gasteiger partial charge in [-0.2, -0.15) is 0 Å². The van der Waals surface area contributed by atoms with Crippen molar-refractivity contribution in [3.05, 3.63) is 69.9 Å². The van der Waals surface area contributed by atoms with Crippen LogP contribution in [-0.4, -0.2) is 27.3 Å². The summed E-state index contributed by atoms with van der Waals surface area (Å²) >= 11 is 1.74. The number of aliphatic imine (C=N–C) groups is 1. The van der Waals surface area contributed by atoms with E-state index in [2.05, 4.69) is 82.5 Å². The lowest BCUT2D eigenvalue weighted by molar-refractivity contribution is 0.389. The van der Waals surface area contributed by atoms with Gasteiger partial charge in [-0.1, -0.05) is 50.2 Å². The van der Waals surface area contributed by atoms with Crippen molar-refractivity contribution in [2.75, 3.05) is 6.54 Å². The molecule has 2 heterocycles. The number of hydrogen-bond donors (Lipinski definition) is 2. The Labute approximate surface area is 183 Å². The molecule has 1 aromatic carbocycles. The van der Waals surface area contributed by atoms with Gasteiger partial charge in [-0.15, -0.1) is 21.5 Å². The molecule has 2 N–H and O–H groups in total. The fourth-order valence-corrected chi connectivity index (χ4v) is 4.20. The molecule has 3 rings (SSSR count). The maximum Gasteiger partial charge on any atom is 0.192 e. The average Bonchev–Trinajstić information content (AvgIpc) is 3.42. The third kappa shape index (κ3) is 5.27. The van der Waals surface area contributed by atoms with Gasteiger partial charge < -0.3 is 15.2 Å². The van der Waals surface area contributed by atoms with Crippen LogP contribution in [0.4, 0.5) is 0 Å². The van der Waals surface area contributed by atoms with Crippen LogP contribution in [0.25, 0.3) is 0 Å². The topological polar surface area (TPSA) is 67.1 Å². The molecule has 3 aromatic rings. The number of aromatic nitrogens is 3. The maximum atomic E-state index is 4.81. The highest BCUT2D eigenvalue weighted by Crippen LogP contribution is 2.30. The number of nitrogens with zero attached hydrogens (tertiary/aromatic N) is 4. The van der Waals surface area contributed by atoms with E-state index in [0.29, 0.717) is 6.54 Å². The lowest BCUT2D eigenvalue weighted by Gasteiger charge is -2.33. The number of hydrogen-bond acceptors (Lipinski definition) is 4. The summed E-state index contributed by atoms with van der Waals surface area (Å²) in [5, 5.41) is 17.6. The quantitative estimate of drug-likeness (QED) is 0.399. The molecule has 6 nitrogen and oxygen atoms in total. The normalized spacial score (nSPS) is 12.2. The summed E-state index contributed by atoms with van der Waals surface area (Å²) < 4.78 is 1.98. The predicted molar refractivity (Wildman–Crippen MR) is 125 cm³/mol. The summed E-state index contributed by atoms with van der Waals surface area (Å²) in [5.74, 6) is 2.54. The van der Waals surface area contributed by atoms with E-state index in [1.807, 2.05) is 18.5 Å². The maximum absolute atomic E-state index is 4.81. The van der Waals surface area contributed by atoms with Gasteiger partial charge in [0.25, 0.3) is 0 Å². The van der Waals surface area contributed by atoms with Crippen molar-refractivity contribution in [3.63, 3.8) is 0 Å². The van der Waals surface area contributed by atoms with E-state index < -0.39 is 0 Å². The predicted octanol–water partition coefficient (Wildman–Crippen LogP) is 4.18. The fraction of sp³-hybridized carbons (Fsp3) is 0.435. The van der Waals surface area contributed by atoms with Gasteiger partial charge >= 0.3 is 0 Å². The zero-order chi connectivity index (χ0) is 21.4. The first-order valence-electron chi connectivity index (χ1n) is 10.5. The molecule has 0 saturated heterocycles. The van der Waals surface area contributed by atoms with Crippen LogP contribution in [0.1, 0.15) is 48.8 Å². The van der Waals surface area contributed by atoms with Crippen LogP contribution < -0.4 is 10.6 Å². The van der Waals surface area contributed by atoms with Gasteiger partial charge in [0.05, 0.1) is 6.54 Å². The Morgan fingerprint density at radius 1 is 1.07 bits per heavy atom. The van der Waals surface area contributed by atoms with Gasteiger partial charge in [-0.05, 0) is 36.8 Å². The second-order valence-electron chi connectivity index (χ2n) is 7.53. The van der Waals surface area contributed by atoms with Gasteiger partial charge in [0, 0.05) is 23.9 Å². The lowest BCUT2D eigenvalue weighted by Crippen LogP contribution is -2.45. The molecule has 0 aliphatic heterocycles. The summed E-state index contributed by atoms with van der Waals surface area (Å²) in [7, 11) is 1.97. The summed E-state index contributed by atoms with van der Waals surface area (Å²) in [6.45, 7) is 8.52. The van der Waals surface area contributed by atoms with E-state index in [9.17, 15) is 0 Å². The van der Waals surface area contributed by atoms with Crippen LogP contribution in [0.15, 0.2) is 52.8 Å². The number of rotatable bonds is 9. The summed E-state index contributed by atoms with van der Waals surface area (Å²) in [6, 6.07) is 15.0. The van der Waals surface area contributed by atoms with Crippen LogP contribution in [0.3, 0.4) is 0 Å². The first-order chi connectivity index (χ1) is 14.6. The number of thiophene rings is 1. The second-order valence-corrected chi connectivity index (χ2v) is 8.56. The molecule has 160 valence electrons. The number of guanidine groups is 1. The van der Waals surface area contributed by atoms with E-state index in [4.69, 9.17) is 4.99 Å². The smallest absolute Gasteiger partial charge is 0.192 e. The summed E-state index contributed by atoms with van der Waals surface area (Å²) in [5.41, 5.74) is 1.43. The van der Waals surface area contributed by atoms with Crippen LogP contribution in [0.5, 0.6) is 0 Å². The highest BCUT2D eigenvalue weighted by atomic mass is 32.1. The van der Waals surface area contributed by atoms with E-state index in [0.717, 1.165) is 43.5 Å². The van der Waals surface area contributed by atoms with Crippen molar-refractivity contribution in [1.82, 2.24) is 25.4 Å². The van der Waals surface area contributed by atoms with Gasteiger partial charge in [0.1, 0.15) is 12.4 Å². The van der Waals surface area contributed by atoms with E-state index in [-0.39, 0.29) is 5.41 Å². The van der Waals surface area contributed by atoms with Crippen LogP contribution in [0.2, 0.25) is 0 Å². The van der Waals surface area contributed by atoms with Crippen molar-refractivity contribution < 1.29 is 0 Å². The minimum atomic E-state index is 0.0635. The van der Waals surface area contributed by atoms with E-state index in [1.165, 1.54) is 10.4 Å². The average molecular weight is 425 g/mol. The second kappa shape index (κ2) is 10.4. The molecule has 0 spiro atoms. The highest BCUT2D eigenvalue weighted by molar-refractivity contribution is 7.09. The Morgan fingerprint density at radius 3 is 2.43 bits per heavy atom. The highest BCUT2D eigenvalue weighted by Gasteiger charge is 2.28. The molecule has 30 heavy (non-hydrogen) atoms. The molecule has 0 fully saturated rings. The zero-order valence-corrected chi connectivity index (χ0v) is 19.2. The van der Waals surface area contributed by atoms with Crippen LogP contribution >= 0.6 is 11.3 Å². The van der Waals surface area contributed by atoms with Crippen molar-refractivity contribution in [3.8, 4) is 0 Å². The largest absolute Gasteiger partial charge is 0.355 e. The molecule has 0 aliphatic carbocycles. The fourth-order valence-electron chi connectivity index (χ4n) is 3.55. The molecule has 0 unspecified atom stereocenters. The molecule has 0 aliphatic rings. The number of nitrogens with one attached hydrogen (secondary N) is 2. The Balaban J connectivity index is 1.76. The van der Waals surface area contributed by atoms with Crippen molar-refractivity contribution >= 4 is 17.3 Å². The van der Waals surface area contributed by atoms with Crippen LogP contribution in [-0.2, 0) is 25.6 Å². The van der Waals surface area contributed by atoms with E-state index >= 15 is 0 Å². The monoisotopic (exact) mass is 424 g/mol. The van der Waals surface area contributed by atoms with Gasteiger partial charge in [0.2, 0.25) is 0 Å². The number of aryl methyl sites for hydroxylation is 1. The Kier molecular flexibility index (Phi) is 7.63. The molecule has 0 amide bonds. The molecule has 0 radical (unpaired) electrons. The van der Waals surface area contributed by atoms with Gasteiger partial charge in [-0.25, -0.2) is 4.99 Å². The van der Waals surface area contributed by atoms with Gasteiger partial charge in [0.15, 0.2) is 11.8 Å². The van der Waals surface area contributed by atoms with E-state index in [1.54, 1.807) is 11.3 Å². The lowest BCUT2D eigenvalue weighted by atomic mass is 9.76. The Bertz CT molecular complexity index is 926. The third-order valence-corrected chi connectivity index (χ3v) is 6.78. The first kappa shape index (κ1) is 22.0. The SMILES string of the molecule is CCC(CC)(CNC(=NCc1nnc(C)n1C)NCc1cccs1)c1ccccc1. The molecule has 0 atom stereocenters. The Morgan fingerprint density at radius 2 is 1.83 bits per heavy atom. The first-order valence-corrected chi connectivity index (χ1v) is 11.4. The van der Waals surface area contributed by atoms with Crippen molar-refractivity contribution in [1.29, 1.82) is 0 Å². The van der Waals surface area contributed by atoms with Crippen molar-refractivity contribution in [2.24, 2.45) is 12.0 Å². The van der Waals surface area contributed by atoms with Crippen LogP contribution in [0, 0.1) is 6.92 Å². The zero-order valence-electron chi connectivity index (χ0n) is 18.4. The van der Waals surface area contributed by atoms with Gasteiger partial charge in [-0.3, -0.25) is 0 Å². The summed E-state index contributed by atoms with van der Waals surface area (Å²) in [6.07, 6.45) is 2.11. The van der Waals surface area contributed by atoms with Crippen molar-refractivity contribution in [2.45, 2.75) is 52.1 Å². The molecular weight excluding hydrogens is 392 g/mol. The molecule has 2 aromatic heterocycles. The molecule has 7 heteroatoms. The summed E-state index contributed by atoms with van der Waals surface area (Å²) in [4.78, 5) is 6.09. The molecular formula is C23H32N6S. The third-order valence-electron chi connectivity index (χ3n) is 5.91. The standard InChI is InChI=1S/C23H32N6S/c1-5-23(6-2,19-11-8-7-9-12-19)17-26-22(24-15-20-13-10-14-30-20)25-16-21-28-27-18(3)29(21)4/h7-14H,5-6,15-17H2,1-4H3,(H2,24,25,26).